The predicted octanol–water partition coefficient (Wildman–Crippen LogP) is 2.05. The molecule has 3 rings (SSSR count). The van der Waals surface area contributed by atoms with Gasteiger partial charge >= 0.3 is 0 Å². The van der Waals surface area contributed by atoms with Gasteiger partial charge in [-0.3, -0.25) is 0 Å². The van der Waals surface area contributed by atoms with E-state index in [1.165, 1.54) is 6.42 Å². The molecule has 0 saturated carbocycles. The number of anilines is 1. The topological polar surface area (TPSA) is 29.0 Å². The van der Waals surface area contributed by atoms with E-state index in [-0.39, 0.29) is 0 Å². The predicted molar refractivity (Wildman–Crippen MR) is 64.1 cm³/mol. The average molecular weight is 213 g/mol. The fourth-order valence-electron chi connectivity index (χ4n) is 2.49. The maximum atomic E-state index is 4.31. The number of fused-ring (bicyclic) bond motifs is 1. The lowest BCUT2D eigenvalue weighted by atomic mass is 9.83. The van der Waals surface area contributed by atoms with E-state index in [1.54, 1.807) is 0 Å². The molecule has 0 N–H and O–H groups in total. The molecule has 16 heavy (non-hydrogen) atoms. The number of rotatable bonds is 1. The number of hydrogen-bond acceptors (Lipinski definition) is 3. The zero-order chi connectivity index (χ0) is 10.8. The molecule has 0 spiro atoms. The fraction of sp³-hybridized carbons (Fsp3) is 0.385. The monoisotopic (exact) mass is 213 g/mol. The summed E-state index contributed by atoms with van der Waals surface area (Å²) in [5.74, 6) is 2.21. The minimum atomic E-state index is 0.627. The Labute approximate surface area is 95.5 Å². The maximum Gasteiger partial charge on any atom is 0.225 e. The highest BCUT2D eigenvalue weighted by Crippen LogP contribution is 2.29. The molecule has 0 amide bonds. The van der Waals surface area contributed by atoms with Crippen LogP contribution in [-0.4, -0.2) is 23.1 Å². The van der Waals surface area contributed by atoms with Crippen molar-refractivity contribution < 1.29 is 0 Å². The Balaban J connectivity index is 1.76. The van der Waals surface area contributed by atoms with E-state index in [0.717, 1.165) is 19.0 Å². The molecule has 1 aromatic heterocycles. The zero-order valence-corrected chi connectivity index (χ0v) is 9.16. The molecular weight excluding hydrogens is 198 g/mol. The van der Waals surface area contributed by atoms with Crippen molar-refractivity contribution in [1.82, 2.24) is 9.97 Å². The van der Waals surface area contributed by atoms with Gasteiger partial charge < -0.3 is 4.90 Å². The second kappa shape index (κ2) is 4.08. The first-order chi connectivity index (χ1) is 7.93. The largest absolute Gasteiger partial charge is 0.340 e. The number of aromatic nitrogens is 2. The quantitative estimate of drug-likeness (QED) is 0.715. The van der Waals surface area contributed by atoms with Crippen molar-refractivity contribution in [2.45, 2.75) is 6.42 Å². The zero-order valence-electron chi connectivity index (χ0n) is 9.16. The first kappa shape index (κ1) is 9.58. The fourth-order valence-corrected chi connectivity index (χ4v) is 2.49. The molecule has 0 bridgehead atoms. The summed E-state index contributed by atoms with van der Waals surface area (Å²) in [6.07, 6.45) is 13.8. The minimum absolute atomic E-state index is 0.627. The Morgan fingerprint density at radius 2 is 1.81 bits per heavy atom. The molecule has 82 valence electrons. The highest BCUT2D eigenvalue weighted by atomic mass is 15.2. The molecule has 1 aromatic rings. The number of piperidine rings is 1. The van der Waals surface area contributed by atoms with Gasteiger partial charge in [-0.25, -0.2) is 9.97 Å². The lowest BCUT2D eigenvalue weighted by Crippen LogP contribution is -2.40. The Morgan fingerprint density at radius 3 is 2.62 bits per heavy atom. The van der Waals surface area contributed by atoms with Crippen LogP contribution in [-0.2, 0) is 0 Å². The van der Waals surface area contributed by atoms with Crippen LogP contribution in [0.2, 0.25) is 0 Å². The summed E-state index contributed by atoms with van der Waals surface area (Å²) in [6.45, 7) is 2.10. The molecule has 0 aromatic carbocycles. The smallest absolute Gasteiger partial charge is 0.225 e. The van der Waals surface area contributed by atoms with E-state index in [1.807, 2.05) is 18.5 Å². The van der Waals surface area contributed by atoms with Crippen molar-refractivity contribution in [3.05, 3.63) is 42.8 Å². The molecule has 1 fully saturated rings. The Bertz CT molecular complexity index is 410. The van der Waals surface area contributed by atoms with Crippen LogP contribution >= 0.6 is 0 Å². The molecule has 2 aliphatic rings. The summed E-state index contributed by atoms with van der Waals surface area (Å²) in [7, 11) is 0. The summed E-state index contributed by atoms with van der Waals surface area (Å²) in [4.78, 5) is 10.9. The van der Waals surface area contributed by atoms with Gasteiger partial charge in [-0.15, -0.1) is 0 Å². The third-order valence-corrected chi connectivity index (χ3v) is 3.38. The number of hydrogen-bond donors (Lipinski definition) is 0. The molecule has 1 aliphatic heterocycles. The Kier molecular flexibility index (Phi) is 2.44. The van der Waals surface area contributed by atoms with Crippen LogP contribution in [0.5, 0.6) is 0 Å². The van der Waals surface area contributed by atoms with E-state index < -0.39 is 0 Å². The van der Waals surface area contributed by atoms with Crippen LogP contribution in [0.15, 0.2) is 42.8 Å². The average Bonchev–Trinajstić information content (AvgIpc) is 2.39. The summed E-state index contributed by atoms with van der Waals surface area (Å²) in [5.41, 5.74) is 0. The molecule has 1 aliphatic carbocycles. The first-order valence-corrected chi connectivity index (χ1v) is 5.80. The van der Waals surface area contributed by atoms with E-state index in [2.05, 4.69) is 39.2 Å². The van der Waals surface area contributed by atoms with Gasteiger partial charge in [-0.1, -0.05) is 24.3 Å². The van der Waals surface area contributed by atoms with Gasteiger partial charge in [0.1, 0.15) is 0 Å². The second-order valence-electron chi connectivity index (χ2n) is 4.38. The van der Waals surface area contributed by atoms with E-state index in [9.17, 15) is 0 Å². The maximum absolute atomic E-state index is 4.31. The van der Waals surface area contributed by atoms with Crippen LogP contribution < -0.4 is 4.90 Å². The third kappa shape index (κ3) is 1.73. The van der Waals surface area contributed by atoms with E-state index in [4.69, 9.17) is 0 Å². The molecule has 1 saturated heterocycles. The lowest BCUT2D eigenvalue weighted by molar-refractivity contribution is 0.384. The van der Waals surface area contributed by atoms with Gasteiger partial charge in [0.25, 0.3) is 0 Å². The van der Waals surface area contributed by atoms with Gasteiger partial charge in [0.2, 0.25) is 5.95 Å². The lowest BCUT2D eigenvalue weighted by Gasteiger charge is -2.37. The van der Waals surface area contributed by atoms with Crippen LogP contribution in [0.4, 0.5) is 5.95 Å². The summed E-state index contributed by atoms with van der Waals surface area (Å²) >= 11 is 0. The molecule has 2 atom stereocenters. The van der Waals surface area contributed by atoms with Crippen LogP contribution in [0.1, 0.15) is 6.42 Å². The van der Waals surface area contributed by atoms with Crippen LogP contribution in [0.3, 0.4) is 0 Å². The normalized spacial score (nSPS) is 27.9. The van der Waals surface area contributed by atoms with Gasteiger partial charge in [-0.2, -0.15) is 0 Å². The first-order valence-electron chi connectivity index (χ1n) is 5.80. The minimum Gasteiger partial charge on any atom is -0.340 e. The number of allylic oxidation sites excluding steroid dienone is 3. The van der Waals surface area contributed by atoms with Gasteiger partial charge in [-0.05, 0) is 18.4 Å². The van der Waals surface area contributed by atoms with E-state index in [0.29, 0.717) is 11.8 Å². The van der Waals surface area contributed by atoms with Crippen molar-refractivity contribution in [1.29, 1.82) is 0 Å². The van der Waals surface area contributed by atoms with Crippen molar-refractivity contribution in [2.24, 2.45) is 11.8 Å². The van der Waals surface area contributed by atoms with Gasteiger partial charge in [0.15, 0.2) is 0 Å². The highest BCUT2D eigenvalue weighted by molar-refractivity contribution is 5.32. The standard InChI is InChI=1S/C13H15N3/c1-2-5-12-10-16(9-6-11(12)4-1)13-14-7-3-8-15-13/h1-5,7-8,11-12H,6,9-10H2. The molecule has 3 heteroatoms. The second-order valence-corrected chi connectivity index (χ2v) is 4.38. The van der Waals surface area contributed by atoms with Crippen molar-refractivity contribution in [3.8, 4) is 0 Å². The Hall–Kier alpha value is -1.64. The highest BCUT2D eigenvalue weighted by Gasteiger charge is 2.27. The number of nitrogens with zero attached hydrogens (tertiary/aromatic N) is 3. The molecule has 0 radical (unpaired) electrons. The van der Waals surface area contributed by atoms with Crippen molar-refractivity contribution >= 4 is 5.95 Å². The van der Waals surface area contributed by atoms with Crippen LogP contribution in [0.25, 0.3) is 0 Å². The van der Waals surface area contributed by atoms with Gasteiger partial charge in [0.05, 0.1) is 0 Å². The third-order valence-electron chi connectivity index (χ3n) is 3.38. The summed E-state index contributed by atoms with van der Waals surface area (Å²) in [6, 6.07) is 1.86. The van der Waals surface area contributed by atoms with E-state index >= 15 is 0 Å². The Morgan fingerprint density at radius 1 is 1.06 bits per heavy atom. The molecular formula is C13H15N3. The SMILES string of the molecule is C1=CC2CCN(c3ncccn3)CC2C=C1. The van der Waals surface area contributed by atoms with Crippen molar-refractivity contribution in [2.75, 3.05) is 18.0 Å². The van der Waals surface area contributed by atoms with Crippen LogP contribution in [0, 0.1) is 11.8 Å². The summed E-state index contributed by atoms with van der Waals surface area (Å²) in [5, 5.41) is 0. The molecule has 3 nitrogen and oxygen atoms in total. The van der Waals surface area contributed by atoms with Gasteiger partial charge in [0, 0.05) is 31.4 Å². The van der Waals surface area contributed by atoms with Crippen molar-refractivity contribution in [3.63, 3.8) is 0 Å². The summed E-state index contributed by atoms with van der Waals surface area (Å²) < 4.78 is 0. The molecule has 2 unspecified atom stereocenters. The molecule has 2 heterocycles.